The Morgan fingerprint density at radius 2 is 1.86 bits per heavy atom. The monoisotopic (exact) mass is 290 g/mol. The van der Waals surface area contributed by atoms with Crippen molar-refractivity contribution in [3.63, 3.8) is 0 Å². The van der Waals surface area contributed by atoms with Gasteiger partial charge in [0.25, 0.3) is 0 Å². The molecule has 116 valence electrons. The number of anilines is 1. The van der Waals surface area contributed by atoms with Crippen LogP contribution in [-0.4, -0.2) is 19.6 Å². The summed E-state index contributed by atoms with van der Waals surface area (Å²) in [6.45, 7) is 5.76. The van der Waals surface area contributed by atoms with Crippen LogP contribution in [0.1, 0.15) is 51.0 Å². The number of benzene rings is 1. The van der Waals surface area contributed by atoms with E-state index in [9.17, 15) is 4.39 Å². The molecule has 1 aliphatic heterocycles. The van der Waals surface area contributed by atoms with Gasteiger partial charge in [0.1, 0.15) is 5.82 Å². The topological polar surface area (TPSA) is 15.3 Å². The quantitative estimate of drug-likeness (QED) is 0.898. The molecule has 1 aliphatic carbocycles. The third-order valence-electron chi connectivity index (χ3n) is 5.42. The van der Waals surface area contributed by atoms with Gasteiger partial charge in [-0.05, 0) is 55.3 Å². The molecule has 0 aromatic heterocycles. The first-order valence-electron chi connectivity index (χ1n) is 8.47. The highest BCUT2D eigenvalue weighted by atomic mass is 19.1. The Kier molecular flexibility index (Phi) is 4.48. The molecule has 21 heavy (non-hydrogen) atoms. The van der Waals surface area contributed by atoms with Crippen molar-refractivity contribution in [1.29, 1.82) is 0 Å². The summed E-state index contributed by atoms with van der Waals surface area (Å²) in [5, 5.41) is 3.24. The maximum atomic E-state index is 14.4. The van der Waals surface area contributed by atoms with Crippen LogP contribution < -0.4 is 10.2 Å². The average Bonchev–Trinajstić information content (AvgIpc) is 2.95. The van der Waals surface area contributed by atoms with Crippen molar-refractivity contribution < 1.29 is 4.39 Å². The zero-order chi connectivity index (χ0) is 14.7. The van der Waals surface area contributed by atoms with E-state index in [1.54, 1.807) is 6.07 Å². The second kappa shape index (κ2) is 6.35. The first-order valence-corrected chi connectivity index (χ1v) is 8.47. The normalized spacial score (nSPS) is 21.1. The van der Waals surface area contributed by atoms with Gasteiger partial charge in [0, 0.05) is 19.6 Å². The average molecular weight is 290 g/mol. The summed E-state index contributed by atoms with van der Waals surface area (Å²) in [7, 11) is 0. The molecule has 1 heterocycles. The van der Waals surface area contributed by atoms with Crippen LogP contribution in [0.4, 0.5) is 10.1 Å². The van der Waals surface area contributed by atoms with Crippen molar-refractivity contribution >= 4 is 5.69 Å². The summed E-state index contributed by atoms with van der Waals surface area (Å²) in [4.78, 5) is 2.25. The zero-order valence-corrected chi connectivity index (χ0v) is 13.1. The van der Waals surface area contributed by atoms with Crippen LogP contribution in [0.2, 0.25) is 0 Å². The zero-order valence-electron chi connectivity index (χ0n) is 13.1. The lowest BCUT2D eigenvalue weighted by Gasteiger charge is -2.40. The van der Waals surface area contributed by atoms with Gasteiger partial charge in [-0.2, -0.15) is 0 Å². The van der Waals surface area contributed by atoms with Gasteiger partial charge in [-0.15, -0.1) is 0 Å². The molecule has 1 aromatic rings. The van der Waals surface area contributed by atoms with Crippen LogP contribution in [0.25, 0.3) is 0 Å². The van der Waals surface area contributed by atoms with E-state index < -0.39 is 0 Å². The van der Waals surface area contributed by atoms with Crippen molar-refractivity contribution in [3.8, 4) is 0 Å². The molecule has 1 aromatic carbocycles. The molecule has 1 N–H and O–H groups in total. The first kappa shape index (κ1) is 14.8. The third kappa shape index (κ3) is 3.23. The molecule has 1 saturated carbocycles. The Hall–Kier alpha value is -1.09. The molecule has 0 amide bonds. The summed E-state index contributed by atoms with van der Waals surface area (Å²) in [6, 6.07) is 5.72. The van der Waals surface area contributed by atoms with E-state index >= 15 is 0 Å². The van der Waals surface area contributed by atoms with Crippen LogP contribution in [0.15, 0.2) is 18.2 Å². The van der Waals surface area contributed by atoms with Crippen molar-refractivity contribution in [3.05, 3.63) is 29.6 Å². The fourth-order valence-corrected chi connectivity index (χ4v) is 4.03. The minimum Gasteiger partial charge on any atom is -0.369 e. The lowest BCUT2D eigenvalue weighted by Crippen LogP contribution is -2.39. The third-order valence-corrected chi connectivity index (χ3v) is 5.42. The Morgan fingerprint density at radius 3 is 2.48 bits per heavy atom. The molecule has 0 unspecified atom stereocenters. The molecular weight excluding hydrogens is 263 g/mol. The fourth-order valence-electron chi connectivity index (χ4n) is 4.03. The smallest absolute Gasteiger partial charge is 0.146 e. The molecular formula is C18H27FN2. The van der Waals surface area contributed by atoms with Crippen LogP contribution in [0.3, 0.4) is 0 Å². The van der Waals surface area contributed by atoms with Crippen LogP contribution >= 0.6 is 0 Å². The van der Waals surface area contributed by atoms with Gasteiger partial charge in [-0.1, -0.05) is 25.8 Å². The molecule has 2 aliphatic rings. The number of nitrogens with zero attached hydrogens (tertiary/aromatic N) is 1. The van der Waals surface area contributed by atoms with E-state index in [4.69, 9.17) is 0 Å². The van der Waals surface area contributed by atoms with Gasteiger partial charge >= 0.3 is 0 Å². The summed E-state index contributed by atoms with van der Waals surface area (Å²) < 4.78 is 14.4. The van der Waals surface area contributed by atoms with E-state index in [-0.39, 0.29) is 5.82 Å². The highest BCUT2D eigenvalue weighted by molar-refractivity contribution is 5.49. The Labute approximate surface area is 127 Å². The summed E-state index contributed by atoms with van der Waals surface area (Å²) in [5.41, 5.74) is 2.42. The van der Waals surface area contributed by atoms with E-state index in [2.05, 4.69) is 23.2 Å². The maximum Gasteiger partial charge on any atom is 0.146 e. The molecule has 1 saturated heterocycles. The summed E-state index contributed by atoms with van der Waals surface area (Å²) in [6.07, 6.45) is 8.06. The maximum absolute atomic E-state index is 14.4. The Morgan fingerprint density at radius 1 is 1.14 bits per heavy atom. The van der Waals surface area contributed by atoms with E-state index in [1.165, 1.54) is 38.5 Å². The van der Waals surface area contributed by atoms with Gasteiger partial charge in [-0.3, -0.25) is 0 Å². The number of rotatable bonds is 4. The largest absolute Gasteiger partial charge is 0.369 e. The predicted molar refractivity (Wildman–Crippen MR) is 86.1 cm³/mol. The number of piperidine rings is 1. The van der Waals surface area contributed by atoms with Crippen molar-refractivity contribution in [2.45, 2.75) is 52.0 Å². The van der Waals surface area contributed by atoms with E-state index in [0.717, 1.165) is 37.4 Å². The summed E-state index contributed by atoms with van der Waals surface area (Å²) >= 11 is 0. The fraction of sp³-hybridized carbons (Fsp3) is 0.667. The Balaban J connectivity index is 1.64. The van der Waals surface area contributed by atoms with Gasteiger partial charge in [0.2, 0.25) is 0 Å². The molecule has 0 radical (unpaired) electrons. The molecule has 2 nitrogen and oxygen atoms in total. The van der Waals surface area contributed by atoms with Crippen molar-refractivity contribution in [2.24, 2.45) is 5.41 Å². The van der Waals surface area contributed by atoms with Gasteiger partial charge in [0.05, 0.1) is 5.69 Å². The lowest BCUT2D eigenvalue weighted by molar-refractivity contribution is 0.226. The Bertz CT molecular complexity index is 470. The number of hydrogen-bond donors (Lipinski definition) is 1. The van der Waals surface area contributed by atoms with Gasteiger partial charge < -0.3 is 10.2 Å². The molecule has 3 rings (SSSR count). The number of hydrogen-bond acceptors (Lipinski definition) is 2. The van der Waals surface area contributed by atoms with Crippen LogP contribution in [-0.2, 0) is 6.54 Å². The second-order valence-corrected chi connectivity index (χ2v) is 6.76. The molecule has 0 bridgehead atoms. The number of halogens is 1. The minimum atomic E-state index is -0.0622. The van der Waals surface area contributed by atoms with Crippen LogP contribution in [0.5, 0.6) is 0 Å². The molecule has 0 atom stereocenters. The van der Waals surface area contributed by atoms with Crippen molar-refractivity contribution in [1.82, 2.24) is 5.32 Å². The summed E-state index contributed by atoms with van der Waals surface area (Å²) in [5.74, 6) is -0.0622. The first-order chi connectivity index (χ1) is 10.2. The lowest BCUT2D eigenvalue weighted by atomic mass is 9.77. The van der Waals surface area contributed by atoms with Gasteiger partial charge in [0.15, 0.2) is 0 Å². The highest BCUT2D eigenvalue weighted by Crippen LogP contribution is 2.46. The molecule has 1 spiro atoms. The molecule has 2 fully saturated rings. The highest BCUT2D eigenvalue weighted by Gasteiger charge is 2.37. The minimum absolute atomic E-state index is 0.0622. The predicted octanol–water partition coefficient (Wildman–Crippen LogP) is 4.10. The van der Waals surface area contributed by atoms with Crippen molar-refractivity contribution in [2.75, 3.05) is 24.5 Å². The number of nitrogens with one attached hydrogen (secondary N) is 1. The second-order valence-electron chi connectivity index (χ2n) is 6.76. The van der Waals surface area contributed by atoms with Crippen LogP contribution in [0, 0.1) is 11.2 Å². The van der Waals surface area contributed by atoms with Gasteiger partial charge in [-0.25, -0.2) is 4.39 Å². The van der Waals surface area contributed by atoms with E-state index in [1.807, 2.05) is 6.07 Å². The molecule has 3 heteroatoms. The standard InChI is InChI=1S/C18H27FN2/c1-2-20-14-15-5-6-17(16(19)13-15)21-11-9-18(10-12-21)7-3-4-8-18/h5-6,13,20H,2-4,7-12,14H2,1H3. The van der Waals surface area contributed by atoms with E-state index in [0.29, 0.717) is 5.41 Å². The SMILES string of the molecule is CCNCc1ccc(N2CCC3(CCCC3)CC2)c(F)c1.